The first-order chi connectivity index (χ1) is 14.2. The molecule has 1 amide bonds. The lowest BCUT2D eigenvalue weighted by atomic mass is 10.0. The zero-order chi connectivity index (χ0) is 19.8. The van der Waals surface area contributed by atoms with E-state index in [0.29, 0.717) is 17.6 Å². The largest absolute Gasteiger partial charge is 0.493 e. The maximum Gasteiger partial charge on any atom is 0.230 e. The predicted octanol–water partition coefficient (Wildman–Crippen LogP) is 3.32. The summed E-state index contributed by atoms with van der Waals surface area (Å²) in [6, 6.07) is 15.6. The summed E-state index contributed by atoms with van der Waals surface area (Å²) >= 11 is 1.36. The third-order valence-corrected chi connectivity index (χ3v) is 5.81. The lowest BCUT2D eigenvalue weighted by Crippen LogP contribution is -2.33. The number of amides is 1. The van der Waals surface area contributed by atoms with Crippen LogP contribution in [0.15, 0.2) is 53.7 Å². The first kappa shape index (κ1) is 17.9. The van der Waals surface area contributed by atoms with E-state index in [1.165, 1.54) is 11.8 Å². The topological polar surface area (TPSA) is 81.4 Å². The number of carbonyl (C=O) groups excluding carboxylic acids is 1. The van der Waals surface area contributed by atoms with Crippen LogP contribution >= 0.6 is 11.8 Å². The highest BCUT2D eigenvalue weighted by atomic mass is 32.2. The molecule has 2 aromatic carbocycles. The first-order valence-electron chi connectivity index (χ1n) is 9.45. The van der Waals surface area contributed by atoms with Gasteiger partial charge in [0, 0.05) is 17.4 Å². The second-order valence-electron chi connectivity index (χ2n) is 6.89. The van der Waals surface area contributed by atoms with Gasteiger partial charge >= 0.3 is 0 Å². The molecule has 0 spiro atoms. The van der Waals surface area contributed by atoms with E-state index in [-0.39, 0.29) is 17.7 Å². The number of aromatic nitrogens is 4. The zero-order valence-electron chi connectivity index (χ0n) is 15.8. The van der Waals surface area contributed by atoms with Gasteiger partial charge in [-0.05, 0) is 25.1 Å². The fraction of sp³-hybridized carbons (Fsp3) is 0.238. The van der Waals surface area contributed by atoms with Crippen LogP contribution in [-0.2, 0) is 4.79 Å². The van der Waals surface area contributed by atoms with E-state index in [9.17, 15) is 4.79 Å². The Kier molecular flexibility index (Phi) is 4.55. The molecule has 0 saturated carbocycles. The number of fused-ring (bicyclic) bond motifs is 4. The Morgan fingerprint density at radius 3 is 2.97 bits per heavy atom. The van der Waals surface area contributed by atoms with E-state index in [1.807, 2.05) is 55.5 Å². The maximum absolute atomic E-state index is 12.7. The number of nitrogens with one attached hydrogen (secondary N) is 1. The molecule has 29 heavy (non-hydrogen) atoms. The van der Waals surface area contributed by atoms with Crippen molar-refractivity contribution >= 4 is 34.2 Å². The van der Waals surface area contributed by atoms with Crippen LogP contribution < -0.4 is 10.1 Å². The van der Waals surface area contributed by atoms with Gasteiger partial charge in [-0.3, -0.25) is 4.79 Å². The third kappa shape index (κ3) is 3.40. The molecule has 8 heteroatoms. The van der Waals surface area contributed by atoms with Crippen LogP contribution in [0.3, 0.4) is 0 Å². The molecule has 5 rings (SSSR count). The average Bonchev–Trinajstić information content (AvgIpc) is 3.14. The van der Waals surface area contributed by atoms with E-state index in [1.54, 1.807) is 4.52 Å². The summed E-state index contributed by atoms with van der Waals surface area (Å²) in [5.41, 5.74) is 2.62. The van der Waals surface area contributed by atoms with Crippen LogP contribution in [0.2, 0.25) is 0 Å². The van der Waals surface area contributed by atoms with Gasteiger partial charge in [0.15, 0.2) is 10.8 Å². The molecule has 146 valence electrons. The van der Waals surface area contributed by atoms with Crippen LogP contribution in [0.1, 0.15) is 23.9 Å². The predicted molar refractivity (Wildman–Crippen MR) is 111 cm³/mol. The van der Waals surface area contributed by atoms with Gasteiger partial charge in [-0.15, -0.1) is 5.10 Å². The quantitative estimate of drug-likeness (QED) is 0.414. The molecule has 0 radical (unpaired) electrons. The lowest BCUT2D eigenvalue weighted by Gasteiger charge is -2.26. The van der Waals surface area contributed by atoms with Crippen molar-refractivity contribution in [2.75, 3.05) is 12.4 Å². The van der Waals surface area contributed by atoms with Crippen molar-refractivity contribution in [2.45, 2.75) is 24.5 Å². The van der Waals surface area contributed by atoms with Gasteiger partial charge in [-0.2, -0.15) is 4.52 Å². The molecule has 1 unspecified atom stereocenters. The van der Waals surface area contributed by atoms with Crippen molar-refractivity contribution in [3.8, 4) is 5.75 Å². The summed E-state index contributed by atoms with van der Waals surface area (Å²) in [4.78, 5) is 21.9. The number of para-hydroxylation sites is 2. The molecule has 0 aliphatic carbocycles. The molecule has 1 N–H and O–H groups in total. The van der Waals surface area contributed by atoms with E-state index in [0.717, 1.165) is 34.3 Å². The Balaban J connectivity index is 1.36. The molecule has 0 fully saturated rings. The first-order valence-corrected chi connectivity index (χ1v) is 10.4. The number of carbonyl (C=O) groups is 1. The van der Waals surface area contributed by atoms with Gasteiger partial charge in [0.2, 0.25) is 5.91 Å². The molecule has 4 aromatic rings. The molecule has 2 aromatic heterocycles. The number of hydrogen-bond acceptors (Lipinski definition) is 6. The number of rotatable bonds is 4. The van der Waals surface area contributed by atoms with Crippen molar-refractivity contribution in [1.29, 1.82) is 0 Å². The maximum atomic E-state index is 12.7. The van der Waals surface area contributed by atoms with Crippen LogP contribution in [0.4, 0.5) is 0 Å². The highest BCUT2D eigenvalue weighted by Crippen LogP contribution is 2.31. The molecule has 0 saturated heterocycles. The van der Waals surface area contributed by atoms with Gasteiger partial charge in [-0.1, -0.05) is 42.1 Å². The Hall–Kier alpha value is -3.13. The minimum Gasteiger partial charge on any atom is -0.493 e. The van der Waals surface area contributed by atoms with E-state index in [2.05, 4.69) is 15.4 Å². The van der Waals surface area contributed by atoms with Crippen LogP contribution in [0.25, 0.3) is 16.6 Å². The highest BCUT2D eigenvalue weighted by molar-refractivity contribution is 7.99. The lowest BCUT2D eigenvalue weighted by molar-refractivity contribution is -0.119. The fourth-order valence-corrected chi connectivity index (χ4v) is 4.34. The number of nitrogens with zero attached hydrogens (tertiary/aromatic N) is 4. The van der Waals surface area contributed by atoms with E-state index in [4.69, 9.17) is 9.72 Å². The second kappa shape index (κ2) is 7.36. The minimum absolute atomic E-state index is 0.0359. The molecule has 1 atom stereocenters. The number of benzene rings is 2. The summed E-state index contributed by atoms with van der Waals surface area (Å²) in [5, 5.41) is 9.18. The van der Waals surface area contributed by atoms with Gasteiger partial charge in [0.05, 0.1) is 23.9 Å². The number of thioether (sulfide) groups is 1. The van der Waals surface area contributed by atoms with Crippen molar-refractivity contribution in [3.05, 3.63) is 59.9 Å². The molecule has 1 aliphatic rings. The Labute approximate surface area is 171 Å². The van der Waals surface area contributed by atoms with Crippen molar-refractivity contribution in [3.63, 3.8) is 0 Å². The SMILES string of the molecule is Cc1nc2c3ccccc3nc(SCC(=O)NC3CCOc4ccccc43)n2n1. The van der Waals surface area contributed by atoms with Crippen molar-refractivity contribution in [2.24, 2.45) is 0 Å². The minimum atomic E-state index is -0.0448. The molecular weight excluding hydrogens is 386 g/mol. The van der Waals surface area contributed by atoms with Crippen molar-refractivity contribution < 1.29 is 9.53 Å². The number of ether oxygens (including phenoxy) is 1. The van der Waals surface area contributed by atoms with Gasteiger partial charge in [-0.25, -0.2) is 9.97 Å². The van der Waals surface area contributed by atoms with Crippen LogP contribution in [0, 0.1) is 6.92 Å². The molecule has 1 aliphatic heterocycles. The fourth-order valence-electron chi connectivity index (χ4n) is 3.58. The number of aryl methyl sites for hydroxylation is 1. The van der Waals surface area contributed by atoms with Crippen LogP contribution in [-0.4, -0.2) is 37.8 Å². The Morgan fingerprint density at radius 2 is 2.03 bits per heavy atom. The van der Waals surface area contributed by atoms with Gasteiger partial charge < -0.3 is 10.1 Å². The van der Waals surface area contributed by atoms with Gasteiger partial charge in [0.1, 0.15) is 11.6 Å². The Morgan fingerprint density at radius 1 is 1.21 bits per heavy atom. The molecule has 7 nitrogen and oxygen atoms in total. The summed E-state index contributed by atoms with van der Waals surface area (Å²) < 4.78 is 7.39. The summed E-state index contributed by atoms with van der Waals surface area (Å²) in [7, 11) is 0. The van der Waals surface area contributed by atoms with Crippen molar-refractivity contribution in [1.82, 2.24) is 24.9 Å². The standard InChI is InChI=1S/C21H19N5O2S/c1-13-22-20-15-7-2-4-8-16(15)24-21(26(20)25-13)29-12-19(27)23-17-10-11-28-18-9-5-3-6-14(17)18/h2-9,17H,10-12H2,1H3,(H,23,27). The summed E-state index contributed by atoms with van der Waals surface area (Å²) in [6.45, 7) is 2.45. The number of hydrogen-bond donors (Lipinski definition) is 1. The second-order valence-corrected chi connectivity index (χ2v) is 7.83. The van der Waals surface area contributed by atoms with Crippen LogP contribution in [0.5, 0.6) is 5.75 Å². The molecule has 3 heterocycles. The highest BCUT2D eigenvalue weighted by Gasteiger charge is 2.23. The van der Waals surface area contributed by atoms with Gasteiger partial charge in [0.25, 0.3) is 0 Å². The monoisotopic (exact) mass is 405 g/mol. The summed E-state index contributed by atoms with van der Waals surface area (Å²) in [5.74, 6) is 1.72. The normalized spacial score (nSPS) is 15.8. The summed E-state index contributed by atoms with van der Waals surface area (Å²) in [6.07, 6.45) is 0.758. The molecule has 0 bridgehead atoms. The third-order valence-electron chi connectivity index (χ3n) is 4.88. The Bertz CT molecular complexity index is 1220. The van der Waals surface area contributed by atoms with E-state index >= 15 is 0 Å². The zero-order valence-corrected chi connectivity index (χ0v) is 16.6. The molecular formula is C21H19N5O2S. The smallest absolute Gasteiger partial charge is 0.230 e. The van der Waals surface area contributed by atoms with E-state index < -0.39 is 0 Å². The average molecular weight is 405 g/mol.